The van der Waals surface area contributed by atoms with Crippen LogP contribution in [0.5, 0.6) is 0 Å². The topological polar surface area (TPSA) is 75.1 Å². The maximum atomic E-state index is 12.7. The van der Waals surface area contributed by atoms with Gasteiger partial charge in [0.15, 0.2) is 0 Å². The van der Waals surface area contributed by atoms with Crippen LogP contribution >= 0.6 is 11.3 Å². The second-order valence-electron chi connectivity index (χ2n) is 6.13. The summed E-state index contributed by atoms with van der Waals surface area (Å²) in [7, 11) is 0. The van der Waals surface area contributed by atoms with Gasteiger partial charge in [-0.15, -0.1) is 11.3 Å². The van der Waals surface area contributed by atoms with E-state index >= 15 is 0 Å². The van der Waals surface area contributed by atoms with Crippen molar-refractivity contribution in [1.82, 2.24) is 15.3 Å². The van der Waals surface area contributed by atoms with E-state index in [1.807, 2.05) is 30.3 Å². The van der Waals surface area contributed by atoms with Gasteiger partial charge in [-0.3, -0.25) is 9.78 Å². The van der Waals surface area contributed by atoms with E-state index in [1.165, 1.54) is 11.3 Å². The largest absolute Gasteiger partial charge is 0.393 e. The molecule has 1 fully saturated rings. The molecule has 2 N–H and O–H groups in total. The van der Waals surface area contributed by atoms with Crippen LogP contribution in [0.2, 0.25) is 0 Å². The van der Waals surface area contributed by atoms with E-state index in [0.29, 0.717) is 18.4 Å². The number of benzene rings is 1. The van der Waals surface area contributed by atoms with E-state index < -0.39 is 0 Å². The number of carbonyl (C=O) groups excluding carboxylic acids is 1. The molecule has 0 radical (unpaired) electrons. The molecule has 3 aromatic rings. The summed E-state index contributed by atoms with van der Waals surface area (Å²) in [4.78, 5) is 21.3. The lowest BCUT2D eigenvalue weighted by Crippen LogP contribution is -2.41. The molecule has 1 saturated carbocycles. The molecule has 2 aromatic heterocycles. The van der Waals surface area contributed by atoms with Crippen LogP contribution in [0.3, 0.4) is 0 Å². The van der Waals surface area contributed by atoms with Crippen LogP contribution in [0.4, 0.5) is 0 Å². The molecule has 0 saturated heterocycles. The Morgan fingerprint density at radius 1 is 1.25 bits per heavy atom. The number of carbonyl (C=O) groups is 1. The fourth-order valence-electron chi connectivity index (χ4n) is 3.12. The van der Waals surface area contributed by atoms with Gasteiger partial charge in [-0.05, 0) is 49.1 Å². The second kappa shape index (κ2) is 6.30. The van der Waals surface area contributed by atoms with E-state index in [2.05, 4.69) is 15.3 Å². The summed E-state index contributed by atoms with van der Waals surface area (Å²) in [6, 6.07) is 11.0. The number of hydrogen-bond donors (Lipinski definition) is 2. The van der Waals surface area contributed by atoms with Gasteiger partial charge in [0.05, 0.1) is 33.6 Å². The van der Waals surface area contributed by atoms with Gasteiger partial charge >= 0.3 is 0 Å². The smallest absolute Gasteiger partial charge is 0.251 e. The number of fused-ring (bicyclic) bond motifs is 1. The van der Waals surface area contributed by atoms with Crippen molar-refractivity contribution in [1.29, 1.82) is 0 Å². The highest BCUT2D eigenvalue weighted by molar-refractivity contribution is 7.16. The predicted octanol–water partition coefficient (Wildman–Crippen LogP) is 2.93. The highest BCUT2D eigenvalue weighted by Crippen LogP contribution is 2.37. The van der Waals surface area contributed by atoms with Crippen LogP contribution in [0.1, 0.15) is 34.9 Å². The van der Waals surface area contributed by atoms with Crippen LogP contribution in [-0.4, -0.2) is 27.1 Å². The average Bonchev–Trinajstić information content (AvgIpc) is 3.05. The quantitative estimate of drug-likeness (QED) is 0.766. The summed E-state index contributed by atoms with van der Waals surface area (Å²) in [5, 5.41) is 12.7. The molecule has 1 amide bonds. The van der Waals surface area contributed by atoms with Gasteiger partial charge in [0.1, 0.15) is 0 Å². The molecule has 1 aliphatic carbocycles. The number of aromatic nitrogens is 2. The fraction of sp³-hybridized carbons (Fsp3) is 0.278. The normalized spacial score (nSPS) is 21.2. The Kier molecular flexibility index (Phi) is 4.00. The van der Waals surface area contributed by atoms with Gasteiger partial charge in [0.2, 0.25) is 0 Å². The zero-order valence-corrected chi connectivity index (χ0v) is 13.7. The molecule has 1 aromatic carbocycles. The Labute approximate surface area is 143 Å². The van der Waals surface area contributed by atoms with E-state index in [1.54, 1.807) is 17.8 Å². The second-order valence-corrected chi connectivity index (χ2v) is 7.01. The van der Waals surface area contributed by atoms with Crippen molar-refractivity contribution in [2.45, 2.75) is 25.0 Å². The van der Waals surface area contributed by atoms with Crippen molar-refractivity contribution >= 4 is 27.5 Å². The summed E-state index contributed by atoms with van der Waals surface area (Å²) >= 11 is 1.52. The minimum atomic E-state index is -0.272. The van der Waals surface area contributed by atoms with Gasteiger partial charge in [0, 0.05) is 11.8 Å². The number of aliphatic hydroxyl groups is 1. The molecule has 5 nitrogen and oxygen atoms in total. The van der Waals surface area contributed by atoms with Crippen LogP contribution in [0.25, 0.3) is 10.2 Å². The molecule has 0 spiro atoms. The van der Waals surface area contributed by atoms with Crippen LogP contribution < -0.4 is 5.32 Å². The average molecular weight is 339 g/mol. The Hall–Kier alpha value is -2.31. The third kappa shape index (κ3) is 2.90. The van der Waals surface area contributed by atoms with Crippen molar-refractivity contribution in [2.24, 2.45) is 5.92 Å². The molecule has 0 aliphatic heterocycles. The highest BCUT2D eigenvalue weighted by atomic mass is 32.1. The SMILES string of the molecule is O=C(N[C@@H](c1ccccn1)C1CC(O)C1)c1ccc2ncsc2c1. The molecule has 6 heteroatoms. The van der Waals surface area contributed by atoms with Gasteiger partial charge in [0.25, 0.3) is 5.91 Å². The zero-order valence-electron chi connectivity index (χ0n) is 12.9. The molecule has 24 heavy (non-hydrogen) atoms. The molecule has 0 bridgehead atoms. The molecular formula is C18H17N3O2S. The van der Waals surface area contributed by atoms with Gasteiger partial charge in [-0.1, -0.05) is 6.07 Å². The first kappa shape index (κ1) is 15.2. The minimum Gasteiger partial charge on any atom is -0.393 e. The summed E-state index contributed by atoms with van der Waals surface area (Å²) < 4.78 is 0.996. The number of thiazole rings is 1. The van der Waals surface area contributed by atoms with Crippen LogP contribution in [0.15, 0.2) is 48.1 Å². The molecule has 1 atom stereocenters. The molecule has 1 aliphatic rings. The van der Waals surface area contributed by atoms with E-state index in [9.17, 15) is 9.90 Å². The van der Waals surface area contributed by atoms with Crippen molar-refractivity contribution in [3.63, 3.8) is 0 Å². The Morgan fingerprint density at radius 2 is 2.12 bits per heavy atom. The van der Waals surface area contributed by atoms with E-state index in [4.69, 9.17) is 0 Å². The summed E-state index contributed by atoms with van der Waals surface area (Å²) in [6.07, 6.45) is 2.84. The first-order valence-electron chi connectivity index (χ1n) is 7.94. The number of rotatable bonds is 4. The fourth-order valence-corrected chi connectivity index (χ4v) is 3.83. The first-order valence-corrected chi connectivity index (χ1v) is 8.82. The maximum absolute atomic E-state index is 12.7. The third-order valence-electron chi connectivity index (χ3n) is 4.51. The number of nitrogens with zero attached hydrogens (tertiary/aromatic N) is 2. The lowest BCUT2D eigenvalue weighted by atomic mass is 9.76. The number of aliphatic hydroxyl groups excluding tert-OH is 1. The predicted molar refractivity (Wildman–Crippen MR) is 92.8 cm³/mol. The van der Waals surface area contributed by atoms with Gasteiger partial charge in [-0.25, -0.2) is 4.98 Å². The minimum absolute atomic E-state index is 0.123. The number of hydrogen-bond acceptors (Lipinski definition) is 5. The van der Waals surface area contributed by atoms with Crippen molar-refractivity contribution in [3.05, 3.63) is 59.4 Å². The van der Waals surface area contributed by atoms with Crippen molar-refractivity contribution in [3.8, 4) is 0 Å². The summed E-state index contributed by atoms with van der Waals surface area (Å²) in [6.45, 7) is 0. The monoisotopic (exact) mass is 339 g/mol. The van der Waals surface area contributed by atoms with Gasteiger partial charge < -0.3 is 10.4 Å². The number of pyridine rings is 1. The lowest BCUT2D eigenvalue weighted by molar-refractivity contribution is 0.0228. The zero-order chi connectivity index (χ0) is 16.5. The van der Waals surface area contributed by atoms with Gasteiger partial charge in [-0.2, -0.15) is 0 Å². The standard InChI is InChI=1S/C18H17N3O2S/c22-13-7-12(8-13)17(15-3-1-2-6-19-15)21-18(23)11-4-5-14-16(9-11)24-10-20-14/h1-6,9-10,12-13,17,22H,7-8H2,(H,21,23)/t12?,13?,17-/m1/s1. The lowest BCUT2D eigenvalue weighted by Gasteiger charge is -2.37. The van der Waals surface area contributed by atoms with Crippen LogP contribution in [-0.2, 0) is 0 Å². The molecular weight excluding hydrogens is 322 g/mol. The van der Waals surface area contributed by atoms with E-state index in [0.717, 1.165) is 15.9 Å². The highest BCUT2D eigenvalue weighted by Gasteiger charge is 2.36. The summed E-state index contributed by atoms with van der Waals surface area (Å²) in [5.41, 5.74) is 4.13. The third-order valence-corrected chi connectivity index (χ3v) is 5.30. The Balaban J connectivity index is 1.58. The van der Waals surface area contributed by atoms with Crippen LogP contribution in [0, 0.1) is 5.92 Å². The maximum Gasteiger partial charge on any atom is 0.251 e. The Morgan fingerprint density at radius 3 is 2.88 bits per heavy atom. The van der Waals surface area contributed by atoms with Crippen molar-refractivity contribution in [2.75, 3.05) is 0 Å². The van der Waals surface area contributed by atoms with Crippen molar-refractivity contribution < 1.29 is 9.90 Å². The Bertz CT molecular complexity index is 859. The molecule has 2 heterocycles. The van der Waals surface area contributed by atoms with E-state index in [-0.39, 0.29) is 24.0 Å². The molecule has 4 rings (SSSR count). The summed E-state index contributed by atoms with van der Waals surface area (Å²) in [5.74, 6) is 0.0910. The number of nitrogens with one attached hydrogen (secondary N) is 1. The first-order chi connectivity index (χ1) is 11.7. The number of amides is 1. The molecule has 122 valence electrons. The molecule has 0 unspecified atom stereocenters.